The molecule has 2 N–H and O–H groups in total. The van der Waals surface area contributed by atoms with E-state index in [2.05, 4.69) is 15.6 Å². The highest BCUT2D eigenvalue weighted by Gasteiger charge is 2.15. The number of hydrogen-bond donors (Lipinski definition) is 2. The average molecular weight is 450 g/mol. The van der Waals surface area contributed by atoms with E-state index in [1.165, 1.54) is 10.9 Å². The van der Waals surface area contributed by atoms with E-state index in [-0.39, 0.29) is 30.3 Å². The predicted molar refractivity (Wildman–Crippen MR) is 124 cm³/mol. The van der Waals surface area contributed by atoms with Gasteiger partial charge in [-0.05, 0) is 30.2 Å². The summed E-state index contributed by atoms with van der Waals surface area (Å²) in [7, 11) is 0. The molecule has 0 bridgehead atoms. The van der Waals surface area contributed by atoms with Crippen molar-refractivity contribution < 1.29 is 19.1 Å². The Morgan fingerprint density at radius 3 is 2.58 bits per heavy atom. The zero-order chi connectivity index (χ0) is 23.8. The molecular weight excluding hydrogens is 424 g/mol. The normalized spacial score (nSPS) is 10.8. The van der Waals surface area contributed by atoms with Crippen molar-refractivity contribution in [2.75, 3.05) is 18.5 Å². The van der Waals surface area contributed by atoms with Gasteiger partial charge in [-0.25, -0.2) is 4.98 Å². The highest BCUT2D eigenvalue weighted by Crippen LogP contribution is 2.15. The summed E-state index contributed by atoms with van der Waals surface area (Å²) in [6, 6.07) is 13.5. The van der Waals surface area contributed by atoms with Crippen molar-refractivity contribution in [3.63, 3.8) is 0 Å². The smallest absolute Gasteiger partial charge is 0.308 e. The Balaban J connectivity index is 1.51. The van der Waals surface area contributed by atoms with Gasteiger partial charge in [0.2, 0.25) is 0 Å². The lowest BCUT2D eigenvalue weighted by Gasteiger charge is -2.12. The topological polar surface area (TPSA) is 119 Å². The number of nitrogens with one attached hydrogen (secondary N) is 2. The van der Waals surface area contributed by atoms with Crippen LogP contribution < -0.4 is 16.2 Å². The first-order valence-electron chi connectivity index (χ1n) is 10.6. The molecule has 2 aromatic carbocycles. The third-order valence-electron chi connectivity index (χ3n) is 4.77. The molecule has 33 heavy (non-hydrogen) atoms. The van der Waals surface area contributed by atoms with Crippen molar-refractivity contribution >= 4 is 34.4 Å². The molecule has 0 saturated carbocycles. The highest BCUT2D eigenvalue weighted by molar-refractivity contribution is 6.04. The molecule has 0 saturated heterocycles. The van der Waals surface area contributed by atoms with Crippen LogP contribution in [0.4, 0.5) is 5.69 Å². The number of carbonyl (C=O) groups is 3. The third kappa shape index (κ3) is 6.49. The van der Waals surface area contributed by atoms with Crippen molar-refractivity contribution in [1.29, 1.82) is 0 Å². The fourth-order valence-corrected chi connectivity index (χ4v) is 3.06. The van der Waals surface area contributed by atoms with E-state index in [0.717, 1.165) is 0 Å². The molecule has 3 aromatic rings. The van der Waals surface area contributed by atoms with Gasteiger partial charge < -0.3 is 15.4 Å². The Bertz CT molecular complexity index is 1220. The molecule has 0 radical (unpaired) electrons. The molecule has 1 aromatic heterocycles. The predicted octanol–water partition coefficient (Wildman–Crippen LogP) is 2.35. The lowest BCUT2D eigenvalue weighted by atomic mass is 10.1. The molecule has 9 nitrogen and oxygen atoms in total. The number of esters is 1. The van der Waals surface area contributed by atoms with Gasteiger partial charge in [0.15, 0.2) is 6.61 Å². The molecule has 0 unspecified atom stereocenters. The van der Waals surface area contributed by atoms with Gasteiger partial charge in [0.05, 0.1) is 34.9 Å². The number of para-hydroxylation sites is 2. The number of benzene rings is 2. The van der Waals surface area contributed by atoms with Gasteiger partial charge in [0.1, 0.15) is 0 Å². The second-order valence-electron chi connectivity index (χ2n) is 7.87. The maximum absolute atomic E-state index is 12.5. The summed E-state index contributed by atoms with van der Waals surface area (Å²) in [6.07, 6.45) is 1.29. The van der Waals surface area contributed by atoms with Gasteiger partial charge >= 0.3 is 5.97 Å². The maximum atomic E-state index is 12.5. The minimum absolute atomic E-state index is 0.0793. The number of rotatable bonds is 9. The number of aryl methyl sites for hydroxylation is 1. The Morgan fingerprint density at radius 1 is 1.06 bits per heavy atom. The first kappa shape index (κ1) is 23.6. The maximum Gasteiger partial charge on any atom is 0.308 e. The van der Waals surface area contributed by atoms with E-state index in [1.54, 1.807) is 48.5 Å². The zero-order valence-corrected chi connectivity index (χ0v) is 18.5. The SMILES string of the molecule is CC(C)CNC(=O)c1ccccc1NC(=O)COC(=O)CCn1cnc2ccccc2c1=O. The van der Waals surface area contributed by atoms with Crippen molar-refractivity contribution in [3.8, 4) is 0 Å². The highest BCUT2D eigenvalue weighted by atomic mass is 16.5. The van der Waals surface area contributed by atoms with Gasteiger partial charge in [-0.3, -0.25) is 23.7 Å². The monoisotopic (exact) mass is 450 g/mol. The van der Waals surface area contributed by atoms with E-state index >= 15 is 0 Å². The summed E-state index contributed by atoms with van der Waals surface area (Å²) < 4.78 is 6.35. The molecule has 9 heteroatoms. The van der Waals surface area contributed by atoms with Crippen LogP contribution in [0, 0.1) is 5.92 Å². The molecular formula is C24H26N4O5. The Kier molecular flexibility index (Phi) is 7.91. The molecule has 2 amide bonds. The molecule has 0 aliphatic carbocycles. The van der Waals surface area contributed by atoms with Crippen LogP contribution in [0.25, 0.3) is 10.9 Å². The number of ether oxygens (including phenoxy) is 1. The summed E-state index contributed by atoms with van der Waals surface area (Å²) in [5, 5.41) is 5.86. The molecule has 0 aliphatic rings. The summed E-state index contributed by atoms with van der Waals surface area (Å²) in [5.41, 5.74) is 0.976. The van der Waals surface area contributed by atoms with E-state index in [4.69, 9.17) is 4.74 Å². The van der Waals surface area contributed by atoms with E-state index in [1.807, 2.05) is 13.8 Å². The third-order valence-corrected chi connectivity index (χ3v) is 4.77. The first-order chi connectivity index (χ1) is 15.8. The van der Waals surface area contributed by atoms with E-state index in [0.29, 0.717) is 28.7 Å². The van der Waals surface area contributed by atoms with Gasteiger partial charge in [-0.1, -0.05) is 38.1 Å². The van der Waals surface area contributed by atoms with Crippen LogP contribution in [0.3, 0.4) is 0 Å². The second-order valence-corrected chi connectivity index (χ2v) is 7.87. The van der Waals surface area contributed by atoms with Crippen molar-refractivity contribution in [2.45, 2.75) is 26.8 Å². The standard InChI is InChI=1S/C24H26N4O5/c1-16(2)13-25-23(31)17-7-3-6-10-20(17)27-21(29)14-33-22(30)11-12-28-15-26-19-9-5-4-8-18(19)24(28)32/h3-10,15-16H,11-14H2,1-2H3,(H,25,31)(H,27,29). The molecule has 3 rings (SSSR count). The number of carbonyl (C=O) groups excluding carboxylic acids is 3. The molecule has 0 fully saturated rings. The molecule has 1 heterocycles. The van der Waals surface area contributed by atoms with Crippen LogP contribution >= 0.6 is 0 Å². The minimum atomic E-state index is -0.631. The minimum Gasteiger partial charge on any atom is -0.456 e. The number of fused-ring (bicyclic) bond motifs is 1. The van der Waals surface area contributed by atoms with Gasteiger partial charge in [-0.15, -0.1) is 0 Å². The van der Waals surface area contributed by atoms with Crippen molar-refractivity contribution in [2.24, 2.45) is 5.92 Å². The van der Waals surface area contributed by atoms with Crippen LogP contribution in [0.5, 0.6) is 0 Å². The fraction of sp³-hybridized carbons (Fsp3) is 0.292. The fourth-order valence-electron chi connectivity index (χ4n) is 3.06. The zero-order valence-electron chi connectivity index (χ0n) is 18.5. The molecule has 0 atom stereocenters. The lowest BCUT2D eigenvalue weighted by molar-refractivity contribution is -0.147. The Hall–Kier alpha value is -4.01. The van der Waals surface area contributed by atoms with Crippen LogP contribution in [0.1, 0.15) is 30.6 Å². The summed E-state index contributed by atoms with van der Waals surface area (Å²) >= 11 is 0. The van der Waals surface area contributed by atoms with Crippen LogP contribution in [0.2, 0.25) is 0 Å². The quantitative estimate of drug-likeness (QED) is 0.483. The van der Waals surface area contributed by atoms with Crippen LogP contribution in [-0.2, 0) is 20.9 Å². The largest absolute Gasteiger partial charge is 0.456 e. The summed E-state index contributed by atoms with van der Waals surface area (Å²) in [5.74, 6) is -1.22. The van der Waals surface area contributed by atoms with E-state index in [9.17, 15) is 19.2 Å². The number of anilines is 1. The Labute approximate surface area is 190 Å². The van der Waals surface area contributed by atoms with Crippen molar-refractivity contribution in [1.82, 2.24) is 14.9 Å². The second kappa shape index (κ2) is 11.0. The first-order valence-corrected chi connectivity index (χ1v) is 10.6. The molecule has 0 spiro atoms. The molecule has 0 aliphatic heterocycles. The van der Waals surface area contributed by atoms with Gasteiger partial charge in [0.25, 0.3) is 17.4 Å². The number of amides is 2. The lowest BCUT2D eigenvalue weighted by Crippen LogP contribution is -2.29. The van der Waals surface area contributed by atoms with E-state index < -0.39 is 18.5 Å². The summed E-state index contributed by atoms with van der Waals surface area (Å²) in [6.45, 7) is 4.04. The van der Waals surface area contributed by atoms with Crippen LogP contribution in [0.15, 0.2) is 59.7 Å². The van der Waals surface area contributed by atoms with Crippen molar-refractivity contribution in [3.05, 3.63) is 70.8 Å². The van der Waals surface area contributed by atoms with Gasteiger partial charge in [-0.2, -0.15) is 0 Å². The average Bonchev–Trinajstić information content (AvgIpc) is 2.81. The van der Waals surface area contributed by atoms with Crippen LogP contribution in [-0.4, -0.2) is 40.5 Å². The Morgan fingerprint density at radius 2 is 1.79 bits per heavy atom. The summed E-state index contributed by atoms with van der Waals surface area (Å²) in [4.78, 5) is 53.3. The number of aromatic nitrogens is 2. The number of hydrogen-bond acceptors (Lipinski definition) is 6. The van der Waals surface area contributed by atoms with Gasteiger partial charge in [0, 0.05) is 13.1 Å². The molecule has 172 valence electrons. The number of nitrogens with zero attached hydrogens (tertiary/aromatic N) is 2.